The molecule has 2 N–H and O–H groups in total. The number of nitrogens with one attached hydrogen (secondary N) is 2. The van der Waals surface area contributed by atoms with Crippen LogP contribution in [-0.2, 0) is 6.42 Å². The van der Waals surface area contributed by atoms with Gasteiger partial charge in [-0.1, -0.05) is 47.5 Å². The lowest BCUT2D eigenvalue weighted by atomic mass is 9.92. The summed E-state index contributed by atoms with van der Waals surface area (Å²) in [6.45, 7) is 4.63. The van der Waals surface area contributed by atoms with Crippen molar-refractivity contribution in [1.82, 2.24) is 9.88 Å². The third-order valence-corrected chi connectivity index (χ3v) is 6.66. The van der Waals surface area contributed by atoms with E-state index in [2.05, 4.69) is 47.6 Å². The Hall–Kier alpha value is -3.44. The van der Waals surface area contributed by atoms with Gasteiger partial charge in [-0.3, -0.25) is 0 Å². The molecule has 0 radical (unpaired) electrons. The van der Waals surface area contributed by atoms with Crippen molar-refractivity contribution in [1.29, 1.82) is 0 Å². The molecule has 6 heteroatoms. The predicted molar refractivity (Wildman–Crippen MR) is 133 cm³/mol. The van der Waals surface area contributed by atoms with Gasteiger partial charge >= 0.3 is 6.03 Å². The fraction of sp³-hybridized carbons (Fsp3) is 0.222. The third-order valence-electron chi connectivity index (χ3n) is 6.43. The Morgan fingerprint density at radius 1 is 1.09 bits per heavy atom. The molecule has 3 aromatic carbocycles. The van der Waals surface area contributed by atoms with Crippen LogP contribution < -0.4 is 10.1 Å². The van der Waals surface area contributed by atoms with Crippen LogP contribution in [0.5, 0.6) is 5.75 Å². The summed E-state index contributed by atoms with van der Waals surface area (Å²) >= 11 is 6.18. The van der Waals surface area contributed by atoms with E-state index < -0.39 is 0 Å². The number of methoxy groups -OCH3 is 1. The van der Waals surface area contributed by atoms with Gasteiger partial charge in [-0.05, 0) is 67.3 Å². The van der Waals surface area contributed by atoms with Crippen LogP contribution in [0.2, 0.25) is 5.02 Å². The first-order chi connectivity index (χ1) is 15.9. The zero-order valence-electron chi connectivity index (χ0n) is 18.9. The zero-order chi connectivity index (χ0) is 23.1. The quantitative estimate of drug-likeness (QED) is 0.361. The monoisotopic (exact) mass is 459 g/mol. The number of nitrogens with zero attached hydrogens (tertiary/aromatic N) is 1. The number of aromatic nitrogens is 1. The van der Waals surface area contributed by atoms with Crippen molar-refractivity contribution < 1.29 is 9.53 Å². The van der Waals surface area contributed by atoms with Crippen LogP contribution in [-0.4, -0.2) is 29.6 Å². The van der Waals surface area contributed by atoms with Crippen LogP contribution in [0.1, 0.15) is 34.0 Å². The van der Waals surface area contributed by atoms with Gasteiger partial charge < -0.3 is 19.9 Å². The number of H-pyrrole nitrogens is 1. The number of hydrogen-bond acceptors (Lipinski definition) is 2. The molecule has 1 aliphatic rings. The molecular weight excluding hydrogens is 434 g/mol. The van der Waals surface area contributed by atoms with Crippen LogP contribution in [0.3, 0.4) is 0 Å². The number of carbonyl (C=O) groups excluding carboxylic acids is 1. The van der Waals surface area contributed by atoms with Crippen molar-refractivity contribution in [2.45, 2.75) is 26.3 Å². The van der Waals surface area contributed by atoms with Gasteiger partial charge in [-0.2, -0.15) is 0 Å². The first kappa shape index (κ1) is 21.4. The molecule has 2 amide bonds. The van der Waals surface area contributed by atoms with Gasteiger partial charge in [0.1, 0.15) is 5.75 Å². The van der Waals surface area contributed by atoms with E-state index in [-0.39, 0.29) is 12.1 Å². The molecule has 5 rings (SSSR count). The Kier molecular flexibility index (Phi) is 5.51. The molecule has 1 aliphatic heterocycles. The topological polar surface area (TPSA) is 57.4 Å². The van der Waals surface area contributed by atoms with Crippen molar-refractivity contribution in [3.8, 4) is 5.75 Å². The predicted octanol–water partition coefficient (Wildman–Crippen LogP) is 6.63. The lowest BCUT2D eigenvalue weighted by Crippen LogP contribution is -2.43. The van der Waals surface area contributed by atoms with E-state index in [1.165, 1.54) is 11.1 Å². The van der Waals surface area contributed by atoms with Gasteiger partial charge in [0.05, 0.1) is 13.2 Å². The highest BCUT2D eigenvalue weighted by Crippen LogP contribution is 2.39. The molecule has 0 bridgehead atoms. The molecule has 1 aromatic heterocycles. The highest BCUT2D eigenvalue weighted by atomic mass is 35.5. The van der Waals surface area contributed by atoms with Gasteiger partial charge in [-0.15, -0.1) is 0 Å². The van der Waals surface area contributed by atoms with Crippen LogP contribution >= 0.6 is 11.6 Å². The number of benzene rings is 3. The molecule has 1 atom stereocenters. The molecule has 5 nitrogen and oxygen atoms in total. The van der Waals surface area contributed by atoms with E-state index in [0.29, 0.717) is 11.6 Å². The second-order valence-electron chi connectivity index (χ2n) is 8.57. The van der Waals surface area contributed by atoms with E-state index in [1.807, 2.05) is 36.1 Å². The number of aromatic amines is 1. The van der Waals surface area contributed by atoms with E-state index in [0.717, 1.165) is 45.6 Å². The molecular formula is C27H26ClN3O2. The normalized spacial score (nSPS) is 15.4. The maximum Gasteiger partial charge on any atom is 0.322 e. The second-order valence-corrected chi connectivity index (χ2v) is 9.01. The van der Waals surface area contributed by atoms with Gasteiger partial charge in [-0.25, -0.2) is 4.79 Å². The summed E-state index contributed by atoms with van der Waals surface area (Å²) < 4.78 is 5.45. The Morgan fingerprint density at radius 2 is 1.88 bits per heavy atom. The minimum atomic E-state index is -0.229. The third kappa shape index (κ3) is 3.93. The Labute approximate surface area is 198 Å². The molecule has 0 unspecified atom stereocenters. The highest BCUT2D eigenvalue weighted by molar-refractivity contribution is 6.31. The minimum absolute atomic E-state index is 0.146. The Morgan fingerprint density at radius 3 is 2.64 bits per heavy atom. The maximum absolute atomic E-state index is 13.5. The van der Waals surface area contributed by atoms with Crippen molar-refractivity contribution in [2.24, 2.45) is 0 Å². The van der Waals surface area contributed by atoms with Crippen LogP contribution in [0.4, 0.5) is 10.5 Å². The second kappa shape index (κ2) is 8.49. The molecule has 2 heterocycles. The largest absolute Gasteiger partial charge is 0.497 e. The first-order valence-corrected chi connectivity index (χ1v) is 11.4. The van der Waals surface area contributed by atoms with E-state index in [9.17, 15) is 4.79 Å². The average Bonchev–Trinajstić information content (AvgIpc) is 3.19. The number of rotatable bonds is 3. The Bertz CT molecular complexity index is 1340. The van der Waals surface area contributed by atoms with Crippen molar-refractivity contribution in [3.05, 3.63) is 93.6 Å². The van der Waals surface area contributed by atoms with Gasteiger partial charge in [0.25, 0.3) is 0 Å². The van der Waals surface area contributed by atoms with E-state index >= 15 is 0 Å². The van der Waals surface area contributed by atoms with Gasteiger partial charge in [0, 0.05) is 33.9 Å². The smallest absolute Gasteiger partial charge is 0.322 e. The first-order valence-electron chi connectivity index (χ1n) is 11.0. The summed E-state index contributed by atoms with van der Waals surface area (Å²) in [5.41, 5.74) is 7.27. The number of amides is 2. The fourth-order valence-corrected chi connectivity index (χ4v) is 4.80. The number of ether oxygens (including phenoxy) is 1. The summed E-state index contributed by atoms with van der Waals surface area (Å²) in [4.78, 5) is 19.0. The molecule has 168 valence electrons. The molecule has 0 saturated carbocycles. The Balaban J connectivity index is 1.59. The van der Waals surface area contributed by atoms with Crippen molar-refractivity contribution in [2.75, 3.05) is 19.0 Å². The number of fused-ring (bicyclic) bond motifs is 3. The molecule has 33 heavy (non-hydrogen) atoms. The molecule has 0 saturated heterocycles. The van der Waals surface area contributed by atoms with Crippen LogP contribution in [0.15, 0.2) is 60.7 Å². The summed E-state index contributed by atoms with van der Waals surface area (Å²) in [5, 5.41) is 4.82. The van der Waals surface area contributed by atoms with Crippen molar-refractivity contribution >= 4 is 34.2 Å². The van der Waals surface area contributed by atoms with E-state index in [4.69, 9.17) is 16.3 Å². The number of halogens is 1. The van der Waals surface area contributed by atoms with Gasteiger partial charge in [0.15, 0.2) is 0 Å². The molecule has 0 spiro atoms. The molecule has 4 aromatic rings. The molecule has 0 aliphatic carbocycles. The van der Waals surface area contributed by atoms with Crippen LogP contribution in [0, 0.1) is 13.8 Å². The van der Waals surface area contributed by atoms with E-state index in [1.54, 1.807) is 13.2 Å². The number of anilines is 1. The summed E-state index contributed by atoms with van der Waals surface area (Å²) in [5.74, 6) is 0.827. The van der Waals surface area contributed by atoms with Crippen LogP contribution in [0.25, 0.3) is 10.9 Å². The average molecular weight is 460 g/mol. The molecule has 0 fully saturated rings. The highest BCUT2D eigenvalue weighted by Gasteiger charge is 2.34. The number of hydrogen-bond donors (Lipinski definition) is 2. The summed E-state index contributed by atoms with van der Waals surface area (Å²) in [6, 6.07) is 19.6. The summed E-state index contributed by atoms with van der Waals surface area (Å²) in [7, 11) is 1.68. The number of carbonyl (C=O) groups is 1. The zero-order valence-corrected chi connectivity index (χ0v) is 19.7. The number of urea groups is 1. The number of aryl methyl sites for hydroxylation is 2. The van der Waals surface area contributed by atoms with Gasteiger partial charge in [0.2, 0.25) is 0 Å². The SMILES string of the molecule is COc1ccc2[nH]c3c(c2c1)CCN(C(=O)Nc1cc(Cl)ccc1C)[C@H]3c1ccc(C)cc1. The maximum atomic E-state index is 13.5. The lowest BCUT2D eigenvalue weighted by molar-refractivity contribution is 0.193. The standard InChI is InChI=1S/C27H26ClN3O2/c1-16-4-7-18(8-5-16)26-25-21(22-15-20(33-3)10-11-23(22)29-25)12-13-31(26)27(32)30-24-14-19(28)9-6-17(24)2/h4-11,14-15,26,29H,12-13H2,1-3H3,(H,30,32)/t26-/m0/s1. The lowest BCUT2D eigenvalue weighted by Gasteiger charge is -2.36. The van der Waals surface area contributed by atoms with Crippen molar-refractivity contribution in [3.63, 3.8) is 0 Å². The summed E-state index contributed by atoms with van der Waals surface area (Å²) in [6.07, 6.45) is 0.757. The minimum Gasteiger partial charge on any atom is -0.497 e. The fourth-order valence-electron chi connectivity index (χ4n) is 4.62.